The minimum atomic E-state index is -0.732. The molecule has 0 aromatic carbocycles. The second-order valence-corrected chi connectivity index (χ2v) is 7.69. The Morgan fingerprint density at radius 1 is 1.36 bits per heavy atom. The quantitative estimate of drug-likeness (QED) is 0.335. The Kier molecular flexibility index (Phi) is 8.26. The van der Waals surface area contributed by atoms with E-state index >= 15 is 0 Å². The molecule has 124 valence electrons. The summed E-state index contributed by atoms with van der Waals surface area (Å²) in [5.74, 6) is -0.732. The van der Waals surface area contributed by atoms with Gasteiger partial charge in [0.15, 0.2) is 0 Å². The zero-order chi connectivity index (χ0) is 16.6. The Balaban J connectivity index is 2.89. The van der Waals surface area contributed by atoms with Gasteiger partial charge in [-0.3, -0.25) is 4.79 Å². The number of halogens is 1. The topological polar surface area (TPSA) is 50.2 Å². The molecule has 0 aliphatic rings. The van der Waals surface area contributed by atoms with Crippen molar-refractivity contribution in [3.05, 3.63) is 23.0 Å². The Bertz CT molecular complexity index is 496. The predicted molar refractivity (Wildman–Crippen MR) is 93.9 cm³/mol. The zero-order valence-electron chi connectivity index (χ0n) is 13.7. The number of carboxylic acid groups (broad SMARTS) is 1. The summed E-state index contributed by atoms with van der Waals surface area (Å²) in [6, 6.07) is 1.84. The monoisotopic (exact) mass is 343 g/mol. The first-order chi connectivity index (χ1) is 10.4. The van der Waals surface area contributed by atoms with E-state index < -0.39 is 5.97 Å². The Morgan fingerprint density at radius 2 is 2.09 bits per heavy atom. The molecule has 0 aliphatic carbocycles. The fourth-order valence-corrected chi connectivity index (χ4v) is 4.14. The van der Waals surface area contributed by atoms with Crippen LogP contribution >= 0.6 is 23.4 Å². The number of aliphatic carboxylic acids is 1. The summed E-state index contributed by atoms with van der Waals surface area (Å²) in [6.45, 7) is 6.25. The van der Waals surface area contributed by atoms with Gasteiger partial charge >= 0.3 is 5.97 Å². The van der Waals surface area contributed by atoms with Gasteiger partial charge in [-0.25, -0.2) is 4.98 Å². The number of nitrogens with zero attached hydrogens (tertiary/aromatic N) is 1. The highest BCUT2D eigenvalue weighted by Gasteiger charge is 2.32. The first-order valence-electron chi connectivity index (χ1n) is 7.95. The van der Waals surface area contributed by atoms with Gasteiger partial charge in [-0.1, -0.05) is 51.1 Å². The van der Waals surface area contributed by atoms with Gasteiger partial charge < -0.3 is 5.11 Å². The van der Waals surface area contributed by atoms with E-state index in [9.17, 15) is 9.90 Å². The average Bonchev–Trinajstić information content (AvgIpc) is 2.46. The van der Waals surface area contributed by atoms with E-state index in [1.165, 1.54) is 12.8 Å². The van der Waals surface area contributed by atoms with Crippen molar-refractivity contribution in [2.45, 2.75) is 75.4 Å². The van der Waals surface area contributed by atoms with E-state index in [2.05, 4.69) is 18.8 Å². The molecule has 3 nitrogen and oxygen atoms in total. The Labute approximate surface area is 142 Å². The van der Waals surface area contributed by atoms with Crippen LogP contribution in [0.3, 0.4) is 0 Å². The number of aromatic nitrogens is 1. The number of thioether (sulfide) groups is 1. The van der Waals surface area contributed by atoms with Gasteiger partial charge in [-0.15, -0.1) is 11.8 Å². The second-order valence-electron chi connectivity index (χ2n) is 5.79. The number of pyridine rings is 1. The number of hydrogen-bond donors (Lipinski definition) is 1. The number of carbonyl (C=O) groups is 1. The molecule has 0 amide bonds. The molecule has 0 saturated heterocycles. The molecule has 1 aromatic heterocycles. The van der Waals surface area contributed by atoms with Crippen LogP contribution in [-0.2, 0) is 4.79 Å². The van der Waals surface area contributed by atoms with Crippen molar-refractivity contribution in [1.29, 1.82) is 0 Å². The molecule has 0 spiro atoms. The predicted octanol–water partition coefficient (Wildman–Crippen LogP) is 5.73. The van der Waals surface area contributed by atoms with E-state index in [-0.39, 0.29) is 11.2 Å². The first kappa shape index (κ1) is 19.3. The van der Waals surface area contributed by atoms with Crippen LogP contribution in [0.25, 0.3) is 0 Å². The second kappa shape index (κ2) is 9.41. The van der Waals surface area contributed by atoms with Gasteiger partial charge in [0, 0.05) is 15.8 Å². The molecule has 0 aliphatic heterocycles. The van der Waals surface area contributed by atoms with Crippen molar-refractivity contribution < 1.29 is 9.90 Å². The number of hydrogen-bond acceptors (Lipinski definition) is 3. The lowest BCUT2D eigenvalue weighted by Crippen LogP contribution is -2.27. The van der Waals surface area contributed by atoms with E-state index in [0.29, 0.717) is 5.15 Å². The third kappa shape index (κ3) is 6.17. The molecule has 1 N–H and O–H groups in total. The molecular formula is C17H26ClNO2S. The molecule has 1 rings (SSSR count). The zero-order valence-corrected chi connectivity index (χ0v) is 15.3. The van der Waals surface area contributed by atoms with Crippen molar-refractivity contribution in [1.82, 2.24) is 4.98 Å². The molecule has 5 heteroatoms. The summed E-state index contributed by atoms with van der Waals surface area (Å²) in [5, 5.41) is 9.80. The number of carboxylic acids is 1. The molecule has 1 atom stereocenters. The first-order valence-corrected chi connectivity index (χ1v) is 9.15. The maximum absolute atomic E-state index is 11.3. The maximum Gasteiger partial charge on any atom is 0.304 e. The summed E-state index contributed by atoms with van der Waals surface area (Å²) < 4.78 is -0.264. The van der Waals surface area contributed by atoms with Crippen molar-refractivity contribution in [2.75, 3.05) is 0 Å². The van der Waals surface area contributed by atoms with Crippen LogP contribution in [0.1, 0.15) is 64.4 Å². The molecule has 1 unspecified atom stereocenters. The van der Waals surface area contributed by atoms with Gasteiger partial charge in [0.1, 0.15) is 5.15 Å². The number of aryl methyl sites for hydroxylation is 1. The van der Waals surface area contributed by atoms with E-state index in [0.717, 1.165) is 36.1 Å². The van der Waals surface area contributed by atoms with Crippen LogP contribution in [0.5, 0.6) is 0 Å². The van der Waals surface area contributed by atoms with E-state index in [1.54, 1.807) is 18.0 Å². The third-order valence-corrected chi connectivity index (χ3v) is 5.88. The molecule has 22 heavy (non-hydrogen) atoms. The highest BCUT2D eigenvalue weighted by atomic mass is 35.5. The smallest absolute Gasteiger partial charge is 0.304 e. The van der Waals surface area contributed by atoms with Crippen LogP contribution in [0.4, 0.5) is 0 Å². The van der Waals surface area contributed by atoms with Gasteiger partial charge in [0.05, 0.1) is 6.42 Å². The van der Waals surface area contributed by atoms with Crippen molar-refractivity contribution >= 4 is 29.3 Å². The molecule has 1 heterocycles. The van der Waals surface area contributed by atoms with Gasteiger partial charge in [0.25, 0.3) is 0 Å². The summed E-state index contributed by atoms with van der Waals surface area (Å²) in [5.41, 5.74) is 1.06. The van der Waals surface area contributed by atoms with Crippen LogP contribution in [0.2, 0.25) is 5.15 Å². The lowest BCUT2D eigenvalue weighted by molar-refractivity contribution is -0.137. The maximum atomic E-state index is 11.3. The van der Waals surface area contributed by atoms with Gasteiger partial charge in [-0.2, -0.15) is 0 Å². The van der Waals surface area contributed by atoms with E-state index in [4.69, 9.17) is 11.6 Å². The van der Waals surface area contributed by atoms with Crippen molar-refractivity contribution in [2.24, 2.45) is 0 Å². The van der Waals surface area contributed by atoms with Crippen LogP contribution in [0, 0.1) is 6.92 Å². The minimum Gasteiger partial charge on any atom is -0.481 e. The molecule has 0 bridgehead atoms. The largest absolute Gasteiger partial charge is 0.481 e. The van der Waals surface area contributed by atoms with Gasteiger partial charge in [-0.05, 0) is 31.4 Å². The van der Waals surface area contributed by atoms with Crippen LogP contribution < -0.4 is 0 Å². The molecule has 0 radical (unpaired) electrons. The van der Waals surface area contributed by atoms with Gasteiger partial charge in [0.2, 0.25) is 0 Å². The lowest BCUT2D eigenvalue weighted by Gasteiger charge is -2.31. The standard InChI is InChI=1S/C17H26ClNO2S/c1-4-6-7-8-9-17(5-2,11-16(20)21)22-14-12-19-15(18)10-13(14)3/h10,12H,4-9,11H2,1-3H3,(H,20,21). The molecule has 0 fully saturated rings. The SMILES string of the molecule is CCCCCCC(CC)(CC(=O)O)Sc1cnc(Cl)cc1C. The number of rotatable bonds is 10. The lowest BCUT2D eigenvalue weighted by atomic mass is 9.94. The molecular weight excluding hydrogens is 318 g/mol. The highest BCUT2D eigenvalue weighted by molar-refractivity contribution is 8.00. The molecule has 0 saturated carbocycles. The average molecular weight is 344 g/mol. The van der Waals surface area contributed by atoms with Crippen LogP contribution in [0.15, 0.2) is 17.2 Å². The summed E-state index contributed by atoms with van der Waals surface area (Å²) in [4.78, 5) is 16.5. The Hall–Kier alpha value is -0.740. The number of unbranched alkanes of at least 4 members (excludes halogenated alkanes) is 3. The van der Waals surface area contributed by atoms with Crippen LogP contribution in [-0.4, -0.2) is 20.8 Å². The molecule has 1 aromatic rings. The Morgan fingerprint density at radius 3 is 2.64 bits per heavy atom. The van der Waals surface area contributed by atoms with Crippen molar-refractivity contribution in [3.63, 3.8) is 0 Å². The van der Waals surface area contributed by atoms with E-state index in [1.807, 2.05) is 13.0 Å². The van der Waals surface area contributed by atoms with Crippen molar-refractivity contribution in [3.8, 4) is 0 Å². The summed E-state index contributed by atoms with van der Waals surface area (Å²) in [7, 11) is 0. The highest BCUT2D eigenvalue weighted by Crippen LogP contribution is 2.43. The summed E-state index contributed by atoms with van der Waals surface area (Å²) in [6.07, 6.45) is 8.33. The minimum absolute atomic E-state index is 0.183. The third-order valence-electron chi connectivity index (χ3n) is 3.96. The summed E-state index contributed by atoms with van der Waals surface area (Å²) >= 11 is 7.57. The fraction of sp³-hybridized carbons (Fsp3) is 0.647. The fourth-order valence-electron chi connectivity index (χ4n) is 2.55. The normalized spacial score (nSPS) is 13.8.